The molecule has 0 radical (unpaired) electrons. The number of amides is 1. The Labute approximate surface area is 110 Å². The summed E-state index contributed by atoms with van der Waals surface area (Å²) in [5.41, 5.74) is 7.11. The number of anilines is 1. The van der Waals surface area contributed by atoms with Crippen molar-refractivity contribution in [1.82, 2.24) is 5.43 Å². The fourth-order valence-electron chi connectivity index (χ4n) is 1.46. The average Bonchev–Trinajstić information content (AvgIpc) is 2.47. The van der Waals surface area contributed by atoms with Gasteiger partial charge in [-0.2, -0.15) is 4.99 Å². The lowest BCUT2D eigenvalue weighted by Gasteiger charge is -2.08. The molecule has 1 amide bonds. The first-order valence-electron chi connectivity index (χ1n) is 5.59. The monoisotopic (exact) mass is 253 g/mol. The number of rotatable bonds is 4. The molecule has 0 aliphatic carbocycles. The molecule has 5 nitrogen and oxygen atoms in total. The van der Waals surface area contributed by atoms with Gasteiger partial charge in [-0.3, -0.25) is 15.6 Å². The van der Waals surface area contributed by atoms with E-state index in [4.69, 9.17) is 0 Å². The largest absolute Gasteiger partial charge is 0.298 e. The Morgan fingerprint density at radius 1 is 1.00 bits per heavy atom. The van der Waals surface area contributed by atoms with Crippen LogP contribution in [0.4, 0.5) is 11.4 Å². The zero-order valence-corrected chi connectivity index (χ0v) is 9.96. The van der Waals surface area contributed by atoms with Crippen molar-refractivity contribution >= 4 is 23.4 Å². The van der Waals surface area contributed by atoms with Gasteiger partial charge in [-0.15, -0.1) is 0 Å². The standard InChI is InChI=1S/C14H11N3O2/c18-10-15-12-6-8-13(9-7-12)16-17-14(19)11-4-2-1-3-5-11/h1-9,16H,(H,17,19). The molecule has 2 N–H and O–H groups in total. The van der Waals surface area contributed by atoms with Crippen molar-refractivity contribution in [2.45, 2.75) is 0 Å². The maximum absolute atomic E-state index is 11.7. The van der Waals surface area contributed by atoms with Crippen molar-refractivity contribution in [1.29, 1.82) is 0 Å². The summed E-state index contributed by atoms with van der Waals surface area (Å²) in [6.07, 6.45) is 1.46. The van der Waals surface area contributed by atoms with Gasteiger partial charge in [-0.25, -0.2) is 4.79 Å². The molecule has 19 heavy (non-hydrogen) atoms. The molecular formula is C14H11N3O2. The normalized spacial score (nSPS) is 9.26. The number of aliphatic imine (C=N–C) groups is 1. The Bertz CT molecular complexity index is 602. The van der Waals surface area contributed by atoms with Gasteiger partial charge in [0.1, 0.15) is 0 Å². The van der Waals surface area contributed by atoms with E-state index >= 15 is 0 Å². The number of carbonyl (C=O) groups excluding carboxylic acids is 2. The van der Waals surface area contributed by atoms with E-state index in [0.717, 1.165) is 0 Å². The topological polar surface area (TPSA) is 70.6 Å². The fraction of sp³-hybridized carbons (Fsp3) is 0. The first-order chi connectivity index (χ1) is 9.29. The quantitative estimate of drug-likeness (QED) is 0.499. The van der Waals surface area contributed by atoms with Gasteiger partial charge < -0.3 is 0 Å². The molecule has 0 bridgehead atoms. The molecule has 0 saturated heterocycles. The molecule has 0 aromatic heterocycles. The second-order valence-electron chi connectivity index (χ2n) is 3.70. The van der Waals surface area contributed by atoms with Crippen molar-refractivity contribution in [3.63, 3.8) is 0 Å². The number of hydrogen-bond donors (Lipinski definition) is 2. The van der Waals surface area contributed by atoms with E-state index in [2.05, 4.69) is 15.8 Å². The lowest BCUT2D eigenvalue weighted by molar-refractivity contribution is 0.0962. The van der Waals surface area contributed by atoms with Crippen LogP contribution >= 0.6 is 0 Å². The minimum atomic E-state index is -0.226. The van der Waals surface area contributed by atoms with Gasteiger partial charge in [-0.1, -0.05) is 18.2 Å². The predicted octanol–water partition coefficient (Wildman–Crippen LogP) is 2.41. The number of hydrazine groups is 1. The third-order valence-corrected chi connectivity index (χ3v) is 2.40. The third kappa shape index (κ3) is 3.52. The minimum Gasteiger partial charge on any atom is -0.298 e. The molecule has 2 aromatic carbocycles. The highest BCUT2D eigenvalue weighted by Gasteiger charge is 2.02. The first-order valence-corrected chi connectivity index (χ1v) is 5.59. The van der Waals surface area contributed by atoms with Crippen molar-refractivity contribution in [2.24, 2.45) is 4.99 Å². The zero-order chi connectivity index (χ0) is 13.5. The number of nitrogens with one attached hydrogen (secondary N) is 2. The van der Waals surface area contributed by atoms with Crippen molar-refractivity contribution in [3.8, 4) is 0 Å². The third-order valence-electron chi connectivity index (χ3n) is 2.40. The highest BCUT2D eigenvalue weighted by Crippen LogP contribution is 2.14. The molecule has 0 aliphatic heterocycles. The summed E-state index contributed by atoms with van der Waals surface area (Å²) in [6.45, 7) is 0. The molecule has 0 fully saturated rings. The van der Waals surface area contributed by atoms with Crippen molar-refractivity contribution in [2.75, 3.05) is 5.43 Å². The Balaban J connectivity index is 1.95. The van der Waals surface area contributed by atoms with Crippen molar-refractivity contribution < 1.29 is 9.59 Å². The van der Waals surface area contributed by atoms with E-state index in [9.17, 15) is 9.59 Å². The van der Waals surface area contributed by atoms with E-state index in [1.807, 2.05) is 6.07 Å². The van der Waals surface area contributed by atoms with Crippen LogP contribution < -0.4 is 10.9 Å². The summed E-state index contributed by atoms with van der Waals surface area (Å²) in [5, 5.41) is 0. The number of hydrogen-bond acceptors (Lipinski definition) is 4. The van der Waals surface area contributed by atoms with Crippen LogP contribution in [0.25, 0.3) is 0 Å². The Morgan fingerprint density at radius 2 is 1.68 bits per heavy atom. The van der Waals surface area contributed by atoms with Crippen LogP contribution in [0.15, 0.2) is 59.6 Å². The minimum absolute atomic E-state index is 0.226. The molecule has 2 rings (SSSR count). The number of nitrogens with zero attached hydrogens (tertiary/aromatic N) is 1. The molecule has 2 aromatic rings. The van der Waals surface area contributed by atoms with Gasteiger partial charge >= 0.3 is 0 Å². The SMILES string of the molecule is O=C=Nc1ccc(NNC(=O)c2ccccc2)cc1. The Hall–Kier alpha value is -2.91. The van der Waals surface area contributed by atoms with Gasteiger partial charge in [0.15, 0.2) is 0 Å². The molecular weight excluding hydrogens is 242 g/mol. The number of carbonyl (C=O) groups is 1. The maximum Gasteiger partial charge on any atom is 0.269 e. The number of isocyanates is 1. The van der Waals surface area contributed by atoms with Gasteiger partial charge in [-0.05, 0) is 36.4 Å². The van der Waals surface area contributed by atoms with Crippen LogP contribution in [0.2, 0.25) is 0 Å². The van der Waals surface area contributed by atoms with E-state index < -0.39 is 0 Å². The fourth-order valence-corrected chi connectivity index (χ4v) is 1.46. The van der Waals surface area contributed by atoms with Crippen molar-refractivity contribution in [3.05, 3.63) is 60.2 Å². The highest BCUT2D eigenvalue weighted by molar-refractivity contribution is 5.94. The smallest absolute Gasteiger partial charge is 0.269 e. The van der Waals surface area contributed by atoms with Crippen LogP contribution in [0.3, 0.4) is 0 Å². The summed E-state index contributed by atoms with van der Waals surface area (Å²) in [7, 11) is 0. The summed E-state index contributed by atoms with van der Waals surface area (Å²) in [4.78, 5) is 25.3. The van der Waals surface area contributed by atoms with Crippen LogP contribution in [0.5, 0.6) is 0 Å². The lowest BCUT2D eigenvalue weighted by Crippen LogP contribution is -2.29. The molecule has 0 atom stereocenters. The Morgan fingerprint density at radius 3 is 2.32 bits per heavy atom. The van der Waals surface area contributed by atoms with Gasteiger partial charge in [0.2, 0.25) is 6.08 Å². The summed E-state index contributed by atoms with van der Waals surface area (Å²) in [6, 6.07) is 15.5. The van der Waals surface area contributed by atoms with Crippen LogP contribution in [-0.2, 0) is 4.79 Å². The van der Waals surface area contributed by atoms with E-state index in [1.165, 1.54) is 6.08 Å². The zero-order valence-electron chi connectivity index (χ0n) is 9.96. The molecule has 5 heteroatoms. The van der Waals surface area contributed by atoms with Gasteiger partial charge in [0.25, 0.3) is 5.91 Å². The molecule has 0 spiro atoms. The molecule has 0 heterocycles. The second kappa shape index (κ2) is 6.14. The summed E-state index contributed by atoms with van der Waals surface area (Å²) < 4.78 is 0. The Kier molecular flexibility index (Phi) is 4.05. The molecule has 94 valence electrons. The van der Waals surface area contributed by atoms with E-state index in [0.29, 0.717) is 16.9 Å². The predicted molar refractivity (Wildman–Crippen MR) is 71.8 cm³/mol. The summed E-state index contributed by atoms with van der Waals surface area (Å²) >= 11 is 0. The maximum atomic E-state index is 11.7. The summed E-state index contributed by atoms with van der Waals surface area (Å²) in [5.74, 6) is -0.226. The lowest BCUT2D eigenvalue weighted by atomic mass is 10.2. The van der Waals surface area contributed by atoms with Crippen LogP contribution in [0.1, 0.15) is 10.4 Å². The second-order valence-corrected chi connectivity index (χ2v) is 3.70. The van der Waals surface area contributed by atoms with E-state index in [1.54, 1.807) is 48.5 Å². The van der Waals surface area contributed by atoms with Crippen LogP contribution in [0, 0.1) is 0 Å². The molecule has 0 unspecified atom stereocenters. The molecule has 0 aliphatic rings. The number of benzene rings is 2. The average molecular weight is 253 g/mol. The molecule has 0 saturated carbocycles. The van der Waals surface area contributed by atoms with Crippen LogP contribution in [-0.4, -0.2) is 12.0 Å². The first kappa shape index (κ1) is 12.5. The van der Waals surface area contributed by atoms with E-state index in [-0.39, 0.29) is 5.91 Å². The van der Waals surface area contributed by atoms with Gasteiger partial charge in [0, 0.05) is 5.56 Å². The van der Waals surface area contributed by atoms with Gasteiger partial charge in [0.05, 0.1) is 11.4 Å². The highest BCUT2D eigenvalue weighted by atomic mass is 16.2.